The monoisotopic (exact) mass is 357 g/mol. The van der Waals surface area contributed by atoms with Crippen LogP contribution in [0, 0.1) is 5.41 Å². The van der Waals surface area contributed by atoms with Crippen molar-refractivity contribution >= 4 is 12.1 Å². The smallest absolute Gasteiger partial charge is 0.317 e. The SMILES string of the molecule is CC(C)(C)CC(C)(C)NC(=O)N1CCN(CC=Cc2ccccc2)CC1. The summed E-state index contributed by atoms with van der Waals surface area (Å²) in [5, 5.41) is 3.22. The van der Waals surface area contributed by atoms with Crippen molar-refractivity contribution in [1.29, 1.82) is 0 Å². The number of hydrogen-bond acceptors (Lipinski definition) is 2. The standard InChI is InChI=1S/C22H35N3O/c1-21(2,3)18-22(4,5)23-20(26)25-16-14-24(15-17-25)13-9-12-19-10-7-6-8-11-19/h6-12H,13-18H2,1-5H3,(H,23,26). The minimum absolute atomic E-state index is 0.0683. The predicted molar refractivity (Wildman–Crippen MR) is 110 cm³/mol. The highest BCUT2D eigenvalue weighted by molar-refractivity contribution is 5.75. The van der Waals surface area contributed by atoms with Crippen molar-refractivity contribution in [1.82, 2.24) is 15.1 Å². The molecular weight excluding hydrogens is 322 g/mol. The van der Waals surface area contributed by atoms with Gasteiger partial charge in [0.15, 0.2) is 0 Å². The zero-order chi connectivity index (χ0) is 19.2. The maximum atomic E-state index is 12.6. The average Bonchev–Trinajstić information content (AvgIpc) is 2.53. The number of amides is 2. The van der Waals surface area contributed by atoms with Crippen molar-refractivity contribution < 1.29 is 4.79 Å². The molecule has 1 fully saturated rings. The lowest BCUT2D eigenvalue weighted by molar-refractivity contribution is 0.135. The van der Waals surface area contributed by atoms with Gasteiger partial charge in [0.05, 0.1) is 0 Å². The molecule has 0 bridgehead atoms. The fraction of sp³-hybridized carbons (Fsp3) is 0.591. The van der Waals surface area contributed by atoms with Gasteiger partial charge < -0.3 is 10.2 Å². The summed E-state index contributed by atoms with van der Waals surface area (Å²) in [7, 11) is 0. The number of nitrogens with one attached hydrogen (secondary N) is 1. The number of nitrogens with zero attached hydrogens (tertiary/aromatic N) is 2. The Morgan fingerprint density at radius 2 is 1.65 bits per heavy atom. The molecule has 1 saturated heterocycles. The van der Waals surface area contributed by atoms with E-state index in [0.29, 0.717) is 0 Å². The Kier molecular flexibility index (Phi) is 6.87. The number of urea groups is 1. The third-order valence-electron chi connectivity index (χ3n) is 4.55. The maximum Gasteiger partial charge on any atom is 0.317 e. The molecule has 144 valence electrons. The highest BCUT2D eigenvalue weighted by Gasteiger charge is 2.29. The zero-order valence-electron chi connectivity index (χ0n) is 17.1. The molecule has 0 saturated carbocycles. The molecule has 0 atom stereocenters. The fourth-order valence-electron chi connectivity index (χ4n) is 3.77. The second-order valence-corrected chi connectivity index (χ2v) is 9.15. The molecule has 4 heteroatoms. The van der Waals surface area contributed by atoms with Crippen LogP contribution in [0.25, 0.3) is 6.08 Å². The molecule has 2 rings (SSSR count). The first-order chi connectivity index (χ1) is 12.1. The molecule has 1 N–H and O–H groups in total. The van der Waals surface area contributed by atoms with E-state index in [9.17, 15) is 4.79 Å². The molecule has 1 aliphatic rings. The van der Waals surface area contributed by atoms with Crippen LogP contribution in [-0.2, 0) is 0 Å². The van der Waals surface area contributed by atoms with E-state index < -0.39 is 0 Å². The first-order valence-electron chi connectivity index (χ1n) is 9.66. The van der Waals surface area contributed by atoms with Crippen molar-refractivity contribution in [3.05, 3.63) is 42.0 Å². The number of rotatable bonds is 5. The van der Waals surface area contributed by atoms with E-state index in [0.717, 1.165) is 39.1 Å². The molecule has 1 aromatic rings. The highest BCUT2D eigenvalue weighted by Crippen LogP contribution is 2.27. The summed E-state index contributed by atoms with van der Waals surface area (Å²) in [5.41, 5.74) is 1.23. The lowest BCUT2D eigenvalue weighted by Crippen LogP contribution is -2.56. The quantitative estimate of drug-likeness (QED) is 0.855. The third-order valence-corrected chi connectivity index (χ3v) is 4.55. The normalized spacial score (nSPS) is 16.9. The van der Waals surface area contributed by atoms with Crippen molar-refractivity contribution in [3.8, 4) is 0 Å². The minimum Gasteiger partial charge on any atom is -0.333 e. The van der Waals surface area contributed by atoms with Crippen LogP contribution in [0.4, 0.5) is 4.79 Å². The van der Waals surface area contributed by atoms with Gasteiger partial charge in [0.25, 0.3) is 0 Å². The predicted octanol–water partition coefficient (Wildman–Crippen LogP) is 4.24. The first kappa shape index (κ1) is 20.5. The second kappa shape index (κ2) is 8.72. The van der Waals surface area contributed by atoms with Gasteiger partial charge in [-0.15, -0.1) is 0 Å². The number of piperazine rings is 1. The van der Waals surface area contributed by atoms with Crippen LogP contribution in [0.15, 0.2) is 36.4 Å². The van der Waals surface area contributed by atoms with Crippen LogP contribution in [0.2, 0.25) is 0 Å². The molecule has 2 amide bonds. The summed E-state index contributed by atoms with van der Waals surface area (Å²) >= 11 is 0. The zero-order valence-corrected chi connectivity index (χ0v) is 17.1. The molecule has 1 aliphatic heterocycles. The molecule has 1 heterocycles. The van der Waals surface area contributed by atoms with Crippen LogP contribution in [0.3, 0.4) is 0 Å². The Hall–Kier alpha value is -1.81. The van der Waals surface area contributed by atoms with Crippen molar-refractivity contribution in [2.75, 3.05) is 32.7 Å². The van der Waals surface area contributed by atoms with Gasteiger partial charge in [0.2, 0.25) is 0 Å². The summed E-state index contributed by atoms with van der Waals surface area (Å²) in [6, 6.07) is 10.4. The summed E-state index contributed by atoms with van der Waals surface area (Å²) in [5.74, 6) is 0. The first-order valence-corrected chi connectivity index (χ1v) is 9.66. The minimum atomic E-state index is -0.190. The Morgan fingerprint density at radius 1 is 1.04 bits per heavy atom. The van der Waals surface area contributed by atoms with E-state index in [2.05, 4.69) is 81.3 Å². The van der Waals surface area contributed by atoms with Gasteiger partial charge in [-0.2, -0.15) is 0 Å². The van der Waals surface area contributed by atoms with E-state index in [-0.39, 0.29) is 17.0 Å². The molecule has 0 spiro atoms. The Morgan fingerprint density at radius 3 is 2.23 bits per heavy atom. The van der Waals surface area contributed by atoms with E-state index in [4.69, 9.17) is 0 Å². The lowest BCUT2D eigenvalue weighted by Gasteiger charge is -2.38. The highest BCUT2D eigenvalue weighted by atomic mass is 16.2. The van der Waals surface area contributed by atoms with E-state index in [1.807, 2.05) is 11.0 Å². The Labute approximate surface area is 159 Å². The van der Waals surface area contributed by atoms with Crippen LogP contribution in [0.1, 0.15) is 46.6 Å². The van der Waals surface area contributed by atoms with Gasteiger partial charge in [0, 0.05) is 38.3 Å². The molecular formula is C22H35N3O. The second-order valence-electron chi connectivity index (χ2n) is 9.15. The fourth-order valence-corrected chi connectivity index (χ4v) is 3.77. The van der Waals surface area contributed by atoms with Crippen LogP contribution in [-0.4, -0.2) is 54.1 Å². The molecule has 1 aromatic carbocycles. The van der Waals surface area contributed by atoms with Gasteiger partial charge in [-0.3, -0.25) is 4.90 Å². The number of hydrogen-bond donors (Lipinski definition) is 1. The summed E-state index contributed by atoms with van der Waals surface area (Å²) < 4.78 is 0. The van der Waals surface area contributed by atoms with E-state index in [1.54, 1.807) is 0 Å². The van der Waals surface area contributed by atoms with Gasteiger partial charge in [0.1, 0.15) is 0 Å². The van der Waals surface area contributed by atoms with Crippen LogP contribution in [0.5, 0.6) is 0 Å². The van der Waals surface area contributed by atoms with E-state index in [1.165, 1.54) is 5.56 Å². The number of carbonyl (C=O) groups is 1. The summed E-state index contributed by atoms with van der Waals surface area (Å²) in [6.07, 6.45) is 5.32. The third kappa shape index (κ3) is 7.20. The van der Waals surface area contributed by atoms with Crippen molar-refractivity contribution in [2.45, 2.75) is 46.6 Å². The molecule has 0 aromatic heterocycles. The topological polar surface area (TPSA) is 35.6 Å². The van der Waals surface area contributed by atoms with Gasteiger partial charge in [-0.25, -0.2) is 4.79 Å². The maximum absolute atomic E-state index is 12.6. The lowest BCUT2D eigenvalue weighted by atomic mass is 9.82. The van der Waals surface area contributed by atoms with Crippen LogP contribution < -0.4 is 5.32 Å². The van der Waals surface area contributed by atoms with Crippen LogP contribution >= 0.6 is 0 Å². The summed E-state index contributed by atoms with van der Waals surface area (Å²) in [4.78, 5) is 16.9. The molecule has 0 unspecified atom stereocenters. The molecule has 26 heavy (non-hydrogen) atoms. The Bertz CT molecular complexity index is 594. The number of benzene rings is 1. The summed E-state index contributed by atoms with van der Waals surface area (Å²) in [6.45, 7) is 15.2. The molecule has 0 aliphatic carbocycles. The van der Waals surface area contributed by atoms with Gasteiger partial charge in [-0.1, -0.05) is 63.3 Å². The van der Waals surface area contributed by atoms with Crippen molar-refractivity contribution in [2.24, 2.45) is 5.41 Å². The largest absolute Gasteiger partial charge is 0.333 e. The van der Waals surface area contributed by atoms with Gasteiger partial charge >= 0.3 is 6.03 Å². The van der Waals surface area contributed by atoms with Gasteiger partial charge in [-0.05, 0) is 31.2 Å². The Balaban J connectivity index is 1.75. The van der Waals surface area contributed by atoms with E-state index >= 15 is 0 Å². The molecule has 4 nitrogen and oxygen atoms in total. The average molecular weight is 358 g/mol. The molecule has 0 radical (unpaired) electrons. The number of carbonyl (C=O) groups excluding carboxylic acids is 1. The van der Waals surface area contributed by atoms with Crippen molar-refractivity contribution in [3.63, 3.8) is 0 Å².